The van der Waals surface area contributed by atoms with E-state index in [1.165, 1.54) is 11.3 Å². The van der Waals surface area contributed by atoms with Crippen molar-refractivity contribution >= 4 is 23.4 Å². The summed E-state index contributed by atoms with van der Waals surface area (Å²) < 4.78 is 16.4. The van der Waals surface area contributed by atoms with Crippen molar-refractivity contribution in [3.8, 4) is 22.8 Å². The molecule has 1 fully saturated rings. The quantitative estimate of drug-likeness (QED) is 0.183. The van der Waals surface area contributed by atoms with Crippen LogP contribution >= 0.6 is 0 Å². The second-order valence-corrected chi connectivity index (χ2v) is 11.8. The Labute approximate surface area is 275 Å². The first kappa shape index (κ1) is 30.4. The SMILES string of the molecule is COc1ccc(CN(Cc2ccc(OC)cc2)c2ncc(-c3nc(N4CCOCC4)nc4c3CCN4c3ccccc3C)cn2)cc1. The molecule has 4 heterocycles. The fourth-order valence-corrected chi connectivity index (χ4v) is 6.19. The number of morpholine rings is 1. The molecule has 2 aliphatic heterocycles. The van der Waals surface area contributed by atoms with Gasteiger partial charge in [-0.3, -0.25) is 0 Å². The summed E-state index contributed by atoms with van der Waals surface area (Å²) >= 11 is 0. The molecule has 0 aliphatic carbocycles. The number of aromatic nitrogens is 4. The van der Waals surface area contributed by atoms with Gasteiger partial charge in [0.15, 0.2) is 0 Å². The van der Waals surface area contributed by atoms with E-state index in [2.05, 4.69) is 70.2 Å². The molecular weight excluding hydrogens is 590 g/mol. The van der Waals surface area contributed by atoms with E-state index in [-0.39, 0.29) is 0 Å². The van der Waals surface area contributed by atoms with Gasteiger partial charge in [0.05, 0.1) is 33.1 Å². The number of fused-ring (bicyclic) bond motifs is 1. The summed E-state index contributed by atoms with van der Waals surface area (Å²) in [5, 5.41) is 0. The highest BCUT2D eigenvalue weighted by molar-refractivity contribution is 5.77. The number of hydrogen-bond donors (Lipinski definition) is 0. The van der Waals surface area contributed by atoms with Gasteiger partial charge in [0.2, 0.25) is 11.9 Å². The summed E-state index contributed by atoms with van der Waals surface area (Å²) in [6.45, 7) is 7.07. The largest absolute Gasteiger partial charge is 0.497 e. The molecule has 5 aromatic rings. The first-order chi connectivity index (χ1) is 23.1. The molecular formula is C37H39N7O3. The highest BCUT2D eigenvalue weighted by Gasteiger charge is 2.30. The predicted molar refractivity (Wildman–Crippen MR) is 184 cm³/mol. The van der Waals surface area contributed by atoms with Crippen LogP contribution in [0.15, 0.2) is 85.2 Å². The zero-order valence-corrected chi connectivity index (χ0v) is 27.1. The summed E-state index contributed by atoms with van der Waals surface area (Å²) in [5.41, 5.74) is 7.53. The average molecular weight is 630 g/mol. The molecule has 0 atom stereocenters. The van der Waals surface area contributed by atoms with Gasteiger partial charge in [-0.15, -0.1) is 0 Å². The normalized spacial score (nSPS) is 14.2. The van der Waals surface area contributed by atoms with Crippen LogP contribution in [0.1, 0.15) is 22.3 Å². The molecule has 0 N–H and O–H groups in total. The fraction of sp³-hybridized carbons (Fsp3) is 0.297. The molecule has 1 saturated heterocycles. The van der Waals surface area contributed by atoms with Crippen LogP contribution in [-0.2, 0) is 24.2 Å². The Morgan fingerprint density at radius 3 is 1.98 bits per heavy atom. The van der Waals surface area contributed by atoms with E-state index in [0.29, 0.717) is 38.2 Å². The van der Waals surface area contributed by atoms with Gasteiger partial charge in [0.1, 0.15) is 17.3 Å². The second-order valence-electron chi connectivity index (χ2n) is 11.8. The minimum absolute atomic E-state index is 0.630. The lowest BCUT2D eigenvalue weighted by molar-refractivity contribution is 0.122. The Kier molecular flexibility index (Phi) is 8.83. The van der Waals surface area contributed by atoms with Gasteiger partial charge in [-0.2, -0.15) is 4.98 Å². The molecule has 240 valence electrons. The zero-order valence-electron chi connectivity index (χ0n) is 27.1. The maximum atomic E-state index is 5.63. The molecule has 10 heteroatoms. The van der Waals surface area contributed by atoms with E-state index < -0.39 is 0 Å². The highest BCUT2D eigenvalue weighted by atomic mass is 16.5. The molecule has 7 rings (SSSR count). The van der Waals surface area contributed by atoms with Gasteiger partial charge in [-0.25, -0.2) is 15.0 Å². The summed E-state index contributed by atoms with van der Waals surface area (Å²) in [5.74, 6) is 3.96. The molecule has 0 spiro atoms. The number of methoxy groups -OCH3 is 2. The number of hydrogen-bond acceptors (Lipinski definition) is 10. The number of rotatable bonds is 10. The maximum Gasteiger partial charge on any atom is 0.228 e. The van der Waals surface area contributed by atoms with Crippen LogP contribution in [0.4, 0.5) is 23.4 Å². The third-order valence-corrected chi connectivity index (χ3v) is 8.77. The smallest absolute Gasteiger partial charge is 0.228 e. The third-order valence-electron chi connectivity index (χ3n) is 8.77. The molecule has 10 nitrogen and oxygen atoms in total. The Balaban J connectivity index is 1.24. The van der Waals surface area contributed by atoms with Gasteiger partial charge in [0, 0.05) is 61.9 Å². The molecule has 0 amide bonds. The van der Waals surface area contributed by atoms with Crippen LogP contribution in [0.5, 0.6) is 11.5 Å². The number of benzene rings is 3. The maximum absolute atomic E-state index is 5.63. The minimum atomic E-state index is 0.630. The summed E-state index contributed by atoms with van der Waals surface area (Å²) in [6, 6.07) is 24.7. The lowest BCUT2D eigenvalue weighted by atomic mass is 10.1. The van der Waals surface area contributed by atoms with Crippen molar-refractivity contribution in [2.24, 2.45) is 0 Å². The monoisotopic (exact) mass is 629 g/mol. The zero-order chi connectivity index (χ0) is 32.2. The third kappa shape index (κ3) is 6.55. The van der Waals surface area contributed by atoms with Crippen molar-refractivity contribution in [3.05, 3.63) is 107 Å². The number of anilines is 4. The van der Waals surface area contributed by atoms with Crippen LogP contribution in [-0.4, -0.2) is 67.0 Å². The molecule has 2 aromatic heterocycles. The number of aryl methyl sites for hydroxylation is 1. The lowest BCUT2D eigenvalue weighted by Crippen LogP contribution is -2.37. The van der Waals surface area contributed by atoms with Crippen LogP contribution < -0.4 is 24.2 Å². The van der Waals surface area contributed by atoms with Crippen LogP contribution in [0, 0.1) is 6.92 Å². The summed E-state index contributed by atoms with van der Waals surface area (Å²) in [6.07, 6.45) is 4.64. The van der Waals surface area contributed by atoms with Gasteiger partial charge < -0.3 is 28.9 Å². The van der Waals surface area contributed by atoms with Crippen molar-refractivity contribution in [1.82, 2.24) is 19.9 Å². The van der Waals surface area contributed by atoms with Crippen LogP contribution in [0.3, 0.4) is 0 Å². The first-order valence-electron chi connectivity index (χ1n) is 16.0. The number of ether oxygens (including phenoxy) is 3. The fourth-order valence-electron chi connectivity index (χ4n) is 6.19. The first-order valence-corrected chi connectivity index (χ1v) is 16.0. The van der Waals surface area contributed by atoms with Gasteiger partial charge in [0.25, 0.3) is 0 Å². The van der Waals surface area contributed by atoms with E-state index in [9.17, 15) is 0 Å². The Bertz CT molecular complexity index is 1760. The van der Waals surface area contributed by atoms with Crippen LogP contribution in [0.25, 0.3) is 11.3 Å². The van der Waals surface area contributed by atoms with E-state index in [1.807, 2.05) is 36.7 Å². The molecule has 47 heavy (non-hydrogen) atoms. The Hall–Kier alpha value is -5.22. The molecule has 0 bridgehead atoms. The van der Waals surface area contributed by atoms with E-state index >= 15 is 0 Å². The van der Waals surface area contributed by atoms with E-state index in [4.69, 9.17) is 34.1 Å². The number of para-hydroxylation sites is 1. The van der Waals surface area contributed by atoms with E-state index in [1.54, 1.807) is 14.2 Å². The van der Waals surface area contributed by atoms with Gasteiger partial charge in [-0.1, -0.05) is 42.5 Å². The minimum Gasteiger partial charge on any atom is -0.497 e. The molecule has 0 saturated carbocycles. The molecule has 0 unspecified atom stereocenters. The van der Waals surface area contributed by atoms with Crippen molar-refractivity contribution in [2.75, 3.05) is 61.8 Å². The average Bonchev–Trinajstić information content (AvgIpc) is 3.56. The number of nitrogens with zero attached hydrogens (tertiary/aromatic N) is 7. The van der Waals surface area contributed by atoms with Crippen LogP contribution in [0.2, 0.25) is 0 Å². The predicted octanol–water partition coefficient (Wildman–Crippen LogP) is 6.00. The molecule has 2 aliphatic rings. The van der Waals surface area contributed by atoms with Gasteiger partial charge >= 0.3 is 0 Å². The highest BCUT2D eigenvalue weighted by Crippen LogP contribution is 2.40. The summed E-state index contributed by atoms with van der Waals surface area (Å²) in [4.78, 5) is 26.9. The molecule has 0 radical (unpaired) electrons. The molecule has 3 aromatic carbocycles. The topological polar surface area (TPSA) is 89.0 Å². The van der Waals surface area contributed by atoms with Gasteiger partial charge in [-0.05, 0) is 60.4 Å². The van der Waals surface area contributed by atoms with Crippen molar-refractivity contribution in [1.29, 1.82) is 0 Å². The van der Waals surface area contributed by atoms with E-state index in [0.717, 1.165) is 71.3 Å². The standard InChI is InChI=1S/C37H39N7O3/c1-26-6-4-5-7-33(26)44-17-16-32-34(40-37(41-35(32)44)42-18-20-47-21-19-42)29-22-38-36(39-23-29)43(24-27-8-12-30(45-2)13-9-27)25-28-10-14-31(46-3)15-11-28/h4-15,22-23H,16-21,24-25H2,1-3H3. The second kappa shape index (κ2) is 13.6. The Morgan fingerprint density at radius 2 is 1.38 bits per heavy atom. The van der Waals surface area contributed by atoms with Crippen molar-refractivity contribution < 1.29 is 14.2 Å². The Morgan fingerprint density at radius 1 is 0.766 bits per heavy atom. The summed E-state index contributed by atoms with van der Waals surface area (Å²) in [7, 11) is 3.36. The lowest BCUT2D eigenvalue weighted by Gasteiger charge is -2.28. The van der Waals surface area contributed by atoms with Crippen molar-refractivity contribution in [2.45, 2.75) is 26.4 Å². The van der Waals surface area contributed by atoms with Crippen molar-refractivity contribution in [3.63, 3.8) is 0 Å².